The van der Waals surface area contributed by atoms with Gasteiger partial charge in [-0.3, -0.25) is 0 Å². The highest BCUT2D eigenvalue weighted by Gasteiger charge is 2.58. The molecule has 2 saturated carbocycles. The van der Waals surface area contributed by atoms with Crippen molar-refractivity contribution >= 4 is 11.6 Å². The molecule has 19 heavy (non-hydrogen) atoms. The Kier molecular flexibility index (Phi) is 3.18. The van der Waals surface area contributed by atoms with E-state index in [0.29, 0.717) is 16.9 Å². The Morgan fingerprint density at radius 3 is 2.47 bits per heavy atom. The Labute approximate surface area is 121 Å². The molecule has 1 unspecified atom stereocenters. The minimum atomic E-state index is 0.430. The molecule has 1 N–H and O–H groups in total. The molecule has 0 spiro atoms. The molecule has 1 nitrogen and oxygen atoms in total. The monoisotopic (exact) mass is 277 g/mol. The maximum absolute atomic E-state index is 5.94. The molecule has 0 aromatic heterocycles. The van der Waals surface area contributed by atoms with Gasteiger partial charge >= 0.3 is 0 Å². The van der Waals surface area contributed by atoms with Crippen molar-refractivity contribution < 1.29 is 0 Å². The molecule has 2 aliphatic rings. The highest BCUT2D eigenvalue weighted by atomic mass is 35.5. The third-order valence-corrected chi connectivity index (χ3v) is 5.95. The third-order valence-electron chi connectivity index (χ3n) is 5.69. The van der Waals surface area contributed by atoms with Crippen molar-refractivity contribution in [2.75, 3.05) is 0 Å². The van der Waals surface area contributed by atoms with Gasteiger partial charge in [0.1, 0.15) is 0 Å². The number of fused-ring (bicyclic) bond motifs is 2. The minimum absolute atomic E-state index is 0.430. The van der Waals surface area contributed by atoms with Gasteiger partial charge in [-0.15, -0.1) is 0 Å². The number of benzene rings is 1. The van der Waals surface area contributed by atoms with Crippen LogP contribution in [0.4, 0.5) is 0 Å². The highest BCUT2D eigenvalue weighted by Crippen LogP contribution is 2.62. The molecule has 2 heteroatoms. The molecule has 0 saturated heterocycles. The number of hydrogen-bond acceptors (Lipinski definition) is 1. The van der Waals surface area contributed by atoms with Crippen LogP contribution in [-0.2, 0) is 6.54 Å². The summed E-state index contributed by atoms with van der Waals surface area (Å²) < 4.78 is 0. The Bertz CT molecular complexity index is 460. The summed E-state index contributed by atoms with van der Waals surface area (Å²) in [5.74, 6) is 0.903. The molecule has 0 heterocycles. The van der Waals surface area contributed by atoms with Crippen molar-refractivity contribution in [3.05, 3.63) is 34.9 Å². The van der Waals surface area contributed by atoms with Gasteiger partial charge in [0, 0.05) is 17.6 Å². The average molecular weight is 278 g/mol. The first kappa shape index (κ1) is 13.5. The Morgan fingerprint density at radius 1 is 1.21 bits per heavy atom. The van der Waals surface area contributed by atoms with Gasteiger partial charge in [0.05, 0.1) is 0 Å². The minimum Gasteiger partial charge on any atom is -0.309 e. The lowest BCUT2D eigenvalue weighted by Gasteiger charge is -2.43. The van der Waals surface area contributed by atoms with Gasteiger partial charge in [-0.05, 0) is 53.7 Å². The first-order valence-corrected chi connectivity index (χ1v) is 7.77. The van der Waals surface area contributed by atoms with Gasteiger partial charge in [-0.1, -0.05) is 44.5 Å². The highest BCUT2D eigenvalue weighted by molar-refractivity contribution is 6.30. The summed E-state index contributed by atoms with van der Waals surface area (Å²) in [5, 5.41) is 4.65. The van der Waals surface area contributed by atoms with E-state index in [0.717, 1.165) is 17.5 Å². The van der Waals surface area contributed by atoms with Gasteiger partial charge in [-0.2, -0.15) is 0 Å². The van der Waals surface area contributed by atoms with E-state index in [1.54, 1.807) is 0 Å². The van der Waals surface area contributed by atoms with Crippen molar-refractivity contribution in [1.82, 2.24) is 5.32 Å². The SMILES string of the molecule is CC1(C)C(NCc2ccc(Cl)cc2)[C@]2(C)CC[C@H]1C2. The number of hydrogen-bond donors (Lipinski definition) is 1. The lowest BCUT2D eigenvalue weighted by atomic mass is 9.68. The summed E-state index contributed by atoms with van der Waals surface area (Å²) in [6, 6.07) is 8.84. The predicted octanol–water partition coefficient (Wildman–Crippen LogP) is 4.64. The fourth-order valence-electron chi connectivity index (χ4n) is 4.63. The lowest BCUT2D eigenvalue weighted by Crippen LogP contribution is -2.49. The van der Waals surface area contributed by atoms with E-state index in [1.165, 1.54) is 24.8 Å². The van der Waals surface area contributed by atoms with Crippen LogP contribution in [0.3, 0.4) is 0 Å². The topological polar surface area (TPSA) is 12.0 Å². The van der Waals surface area contributed by atoms with Gasteiger partial charge < -0.3 is 5.32 Å². The Morgan fingerprint density at radius 2 is 1.89 bits per heavy atom. The maximum atomic E-state index is 5.94. The van der Waals surface area contributed by atoms with Crippen molar-refractivity contribution in [2.45, 2.75) is 52.6 Å². The first-order valence-electron chi connectivity index (χ1n) is 7.40. The average Bonchev–Trinajstić information content (AvgIpc) is 2.82. The molecule has 2 fully saturated rings. The second-order valence-electron chi connectivity index (χ2n) is 7.36. The lowest BCUT2D eigenvalue weighted by molar-refractivity contribution is 0.108. The standard InChI is InChI=1S/C17H24ClN/c1-16(2)13-8-9-17(3,10-13)15(16)19-11-12-4-6-14(18)7-5-12/h4-7,13,15,19H,8-11H2,1-3H3/t13-,15?,17+/m0/s1. The number of rotatable bonds is 3. The van der Waals surface area contributed by atoms with E-state index in [-0.39, 0.29) is 0 Å². The van der Waals surface area contributed by atoms with Crippen LogP contribution in [0, 0.1) is 16.7 Å². The zero-order valence-electron chi connectivity index (χ0n) is 12.2. The molecule has 1 aromatic carbocycles. The molecule has 3 atom stereocenters. The molecule has 104 valence electrons. The van der Waals surface area contributed by atoms with Crippen molar-refractivity contribution in [2.24, 2.45) is 16.7 Å². The van der Waals surface area contributed by atoms with E-state index in [1.807, 2.05) is 12.1 Å². The van der Waals surface area contributed by atoms with Crippen LogP contribution in [0.1, 0.15) is 45.6 Å². The van der Waals surface area contributed by atoms with Crippen molar-refractivity contribution in [3.8, 4) is 0 Å². The first-order chi connectivity index (χ1) is 8.92. The van der Waals surface area contributed by atoms with Crippen molar-refractivity contribution in [1.29, 1.82) is 0 Å². The molecular weight excluding hydrogens is 254 g/mol. The van der Waals surface area contributed by atoms with E-state index in [4.69, 9.17) is 11.6 Å². The van der Waals surface area contributed by atoms with E-state index in [9.17, 15) is 0 Å². The molecule has 1 aromatic rings. The molecule has 0 radical (unpaired) electrons. The summed E-state index contributed by atoms with van der Waals surface area (Å²) in [6.07, 6.45) is 4.21. The van der Waals surface area contributed by atoms with Gasteiger partial charge in [0.2, 0.25) is 0 Å². The predicted molar refractivity (Wildman–Crippen MR) is 81.3 cm³/mol. The summed E-state index contributed by atoms with van der Waals surface area (Å²) in [5.41, 5.74) is 2.26. The summed E-state index contributed by atoms with van der Waals surface area (Å²) in [4.78, 5) is 0. The van der Waals surface area contributed by atoms with Crippen LogP contribution < -0.4 is 5.32 Å². The summed E-state index contributed by atoms with van der Waals surface area (Å²) in [6.45, 7) is 8.32. The van der Waals surface area contributed by atoms with E-state index in [2.05, 4.69) is 38.2 Å². The molecular formula is C17H24ClN. The smallest absolute Gasteiger partial charge is 0.0406 e. The molecule has 2 bridgehead atoms. The molecule has 2 aliphatic carbocycles. The second-order valence-corrected chi connectivity index (χ2v) is 7.79. The normalized spacial score (nSPS) is 35.8. The van der Waals surface area contributed by atoms with Gasteiger partial charge in [0.15, 0.2) is 0 Å². The maximum Gasteiger partial charge on any atom is 0.0406 e. The number of halogens is 1. The van der Waals surface area contributed by atoms with Crippen LogP contribution in [0.15, 0.2) is 24.3 Å². The Hall–Kier alpha value is -0.530. The molecule has 3 rings (SSSR count). The fraction of sp³-hybridized carbons (Fsp3) is 0.647. The van der Waals surface area contributed by atoms with Crippen LogP contribution in [0.25, 0.3) is 0 Å². The Balaban J connectivity index is 1.71. The van der Waals surface area contributed by atoms with Crippen LogP contribution in [0.2, 0.25) is 5.02 Å². The number of nitrogens with one attached hydrogen (secondary N) is 1. The van der Waals surface area contributed by atoms with Gasteiger partial charge in [-0.25, -0.2) is 0 Å². The van der Waals surface area contributed by atoms with E-state index < -0.39 is 0 Å². The molecule has 0 aliphatic heterocycles. The quantitative estimate of drug-likeness (QED) is 0.848. The zero-order valence-corrected chi connectivity index (χ0v) is 12.9. The second kappa shape index (κ2) is 4.49. The zero-order chi connectivity index (χ0) is 13.7. The summed E-state index contributed by atoms with van der Waals surface area (Å²) in [7, 11) is 0. The molecule has 0 amide bonds. The van der Waals surface area contributed by atoms with E-state index >= 15 is 0 Å². The summed E-state index contributed by atoms with van der Waals surface area (Å²) >= 11 is 5.94. The van der Waals surface area contributed by atoms with Crippen molar-refractivity contribution in [3.63, 3.8) is 0 Å². The van der Waals surface area contributed by atoms with Gasteiger partial charge in [0.25, 0.3) is 0 Å². The van der Waals surface area contributed by atoms with Crippen LogP contribution in [-0.4, -0.2) is 6.04 Å². The fourth-order valence-corrected chi connectivity index (χ4v) is 4.76. The van der Waals surface area contributed by atoms with Crippen LogP contribution in [0.5, 0.6) is 0 Å². The third kappa shape index (κ3) is 2.21. The van der Waals surface area contributed by atoms with Crippen LogP contribution >= 0.6 is 11.6 Å². The largest absolute Gasteiger partial charge is 0.309 e.